The van der Waals surface area contributed by atoms with E-state index in [0.717, 1.165) is 27.9 Å². The molecule has 13 heteroatoms. The lowest BCUT2D eigenvalue weighted by Gasteiger charge is -2.18. The first kappa shape index (κ1) is 32.9. The molecule has 5 rings (SSSR count). The minimum Gasteiger partial charge on any atom is -0.439 e. The predicted molar refractivity (Wildman–Crippen MR) is 175 cm³/mol. The van der Waals surface area contributed by atoms with E-state index in [0.29, 0.717) is 66.9 Å². The summed E-state index contributed by atoms with van der Waals surface area (Å²) in [6, 6.07) is 21.3. The van der Waals surface area contributed by atoms with Crippen LogP contribution in [0.2, 0.25) is 5.02 Å². The van der Waals surface area contributed by atoms with E-state index in [9.17, 15) is 17.2 Å². The highest BCUT2D eigenvalue weighted by atomic mass is 35.5. The van der Waals surface area contributed by atoms with Gasteiger partial charge >= 0.3 is 17.3 Å². The molecule has 0 saturated heterocycles. The molecule has 0 bridgehead atoms. The van der Waals surface area contributed by atoms with Crippen molar-refractivity contribution in [3.63, 3.8) is 0 Å². The maximum Gasteiger partial charge on any atom is 0.374 e. The van der Waals surface area contributed by atoms with Crippen LogP contribution in [0.5, 0.6) is 5.75 Å². The fourth-order valence-corrected chi connectivity index (χ4v) is 6.13. The maximum atomic E-state index is 11.3. The summed E-state index contributed by atoms with van der Waals surface area (Å²) in [7, 11) is -4.05. The first-order chi connectivity index (χ1) is 21.6. The highest BCUT2D eigenvalue weighted by molar-refractivity contribution is 7.85. The largest absolute Gasteiger partial charge is 0.439 e. The van der Waals surface area contributed by atoms with E-state index in [4.69, 9.17) is 29.5 Å². The van der Waals surface area contributed by atoms with E-state index in [2.05, 4.69) is 6.07 Å². The van der Waals surface area contributed by atoms with Gasteiger partial charge in [-0.05, 0) is 60.2 Å². The van der Waals surface area contributed by atoms with Gasteiger partial charge in [0.05, 0.1) is 24.1 Å². The summed E-state index contributed by atoms with van der Waals surface area (Å²) in [5.74, 6) is 1.47. The number of anilines is 1. The molecule has 0 radical (unpaired) electrons. The Kier molecular flexibility index (Phi) is 10.7. The summed E-state index contributed by atoms with van der Waals surface area (Å²) >= 11 is 3.95. The Bertz CT molecular complexity index is 1860. The van der Waals surface area contributed by atoms with Crippen molar-refractivity contribution in [2.45, 2.75) is 39.2 Å². The lowest BCUT2D eigenvalue weighted by molar-refractivity contribution is -0.678. The van der Waals surface area contributed by atoms with Crippen LogP contribution in [0.1, 0.15) is 38.5 Å². The first-order valence-corrected chi connectivity index (χ1v) is 17.5. The number of hydrogen-bond donors (Lipinski definition) is 2. The van der Waals surface area contributed by atoms with Gasteiger partial charge in [0.25, 0.3) is 15.6 Å². The van der Waals surface area contributed by atoms with Crippen molar-refractivity contribution in [3.05, 3.63) is 95.2 Å². The normalized spacial score (nSPS) is 15.1. The van der Waals surface area contributed by atoms with E-state index >= 15 is 0 Å². The van der Waals surface area contributed by atoms with E-state index in [1.165, 1.54) is 0 Å². The standard InChI is InChI=1S/C32H33ClN2O8S2/c1-2-23(20-32-35(16-8-17-41-44(36)37)28-22-26(33)12-14-30(28)43-32)19-31-34(15-6-7-18-45(38,39)40)27-21-25(11-13-29(27)42-31)24-9-4-3-5-10-24/h3-5,9-14,19-22H,2,6-8,15-18H2,1H3,(H-,36,37,38,39,40)/p+1. The van der Waals surface area contributed by atoms with E-state index < -0.39 is 21.5 Å². The van der Waals surface area contributed by atoms with Crippen LogP contribution in [0.3, 0.4) is 0 Å². The van der Waals surface area contributed by atoms with E-state index in [-0.39, 0.29) is 12.4 Å². The topological polar surface area (TPSA) is 130 Å². The van der Waals surface area contributed by atoms with Crippen molar-refractivity contribution < 1.29 is 39.6 Å². The van der Waals surface area contributed by atoms with Crippen LogP contribution in [-0.2, 0) is 32.2 Å². The average Bonchev–Trinajstić information content (AvgIpc) is 3.52. The summed E-state index contributed by atoms with van der Waals surface area (Å²) in [5.41, 5.74) is 5.30. The highest BCUT2D eigenvalue weighted by Crippen LogP contribution is 2.41. The second-order valence-corrected chi connectivity index (χ2v) is 13.1. The molecule has 2 N–H and O–H groups in total. The van der Waals surface area contributed by atoms with Crippen LogP contribution in [0.25, 0.3) is 28.3 Å². The third kappa shape index (κ3) is 8.60. The summed E-state index contributed by atoms with van der Waals surface area (Å²) in [6.07, 6.45) is 5.76. The number of unbranched alkanes of at least 4 members (excludes halogenated alkanes) is 1. The molecule has 238 valence electrons. The zero-order valence-corrected chi connectivity index (χ0v) is 27.0. The number of halogens is 1. The number of allylic oxidation sites excluding steroid dienone is 2. The van der Waals surface area contributed by atoms with Gasteiger partial charge in [-0.25, -0.2) is 0 Å². The Labute approximate surface area is 269 Å². The molecule has 10 nitrogen and oxygen atoms in total. The van der Waals surface area contributed by atoms with Gasteiger partial charge in [-0.15, -0.1) is 0 Å². The summed E-state index contributed by atoms with van der Waals surface area (Å²) in [5, 5.41) is 0.551. The summed E-state index contributed by atoms with van der Waals surface area (Å²) < 4.78 is 71.1. The fourth-order valence-electron chi connectivity index (χ4n) is 5.13. The molecule has 0 saturated carbocycles. The van der Waals surface area contributed by atoms with E-state index in [1.807, 2.05) is 77.1 Å². The van der Waals surface area contributed by atoms with Crippen LogP contribution in [0.15, 0.2) is 88.7 Å². The molecule has 0 fully saturated rings. The summed E-state index contributed by atoms with van der Waals surface area (Å²) in [4.78, 5) is 1.95. The number of ether oxygens (including phenoxy) is 1. The monoisotopic (exact) mass is 673 g/mol. The van der Waals surface area contributed by atoms with Gasteiger partial charge in [0.2, 0.25) is 11.5 Å². The lowest BCUT2D eigenvalue weighted by atomic mass is 10.1. The molecule has 1 atom stereocenters. The number of benzene rings is 3. The first-order valence-electron chi connectivity index (χ1n) is 14.5. The molecule has 4 aromatic rings. The second-order valence-electron chi connectivity index (χ2n) is 10.4. The lowest BCUT2D eigenvalue weighted by Crippen LogP contribution is -2.35. The molecular weight excluding hydrogens is 640 g/mol. The minimum absolute atomic E-state index is 0.0841. The van der Waals surface area contributed by atoms with Gasteiger partial charge in [-0.2, -0.15) is 17.2 Å². The van der Waals surface area contributed by atoms with Crippen LogP contribution < -0.4 is 14.2 Å². The van der Waals surface area contributed by atoms with Crippen molar-refractivity contribution in [2.24, 2.45) is 0 Å². The molecule has 3 aromatic carbocycles. The molecular formula is C32H34ClN2O8S2+. The number of fused-ring (bicyclic) bond motifs is 2. The molecule has 0 amide bonds. The van der Waals surface area contributed by atoms with Gasteiger partial charge in [-0.1, -0.05) is 54.9 Å². The molecule has 45 heavy (non-hydrogen) atoms. The molecule has 1 aliphatic heterocycles. The van der Waals surface area contributed by atoms with Crippen LogP contribution in [0.4, 0.5) is 5.69 Å². The zero-order valence-electron chi connectivity index (χ0n) is 24.6. The quantitative estimate of drug-likeness (QED) is 0.0643. The predicted octanol–water partition coefficient (Wildman–Crippen LogP) is 6.79. The van der Waals surface area contributed by atoms with Crippen molar-refractivity contribution in [1.82, 2.24) is 0 Å². The molecule has 0 aliphatic carbocycles. The third-order valence-electron chi connectivity index (χ3n) is 7.30. The highest BCUT2D eigenvalue weighted by Gasteiger charge is 2.27. The Morgan fingerprint density at radius 1 is 1.07 bits per heavy atom. The maximum absolute atomic E-state index is 11.3. The Morgan fingerprint density at radius 2 is 1.87 bits per heavy atom. The van der Waals surface area contributed by atoms with Gasteiger partial charge in [0, 0.05) is 30.1 Å². The fraction of sp³-hybridized carbons (Fsp3) is 0.281. The van der Waals surface area contributed by atoms with Crippen molar-refractivity contribution in [3.8, 4) is 16.9 Å². The van der Waals surface area contributed by atoms with Gasteiger partial charge in [0.1, 0.15) is 0 Å². The SMILES string of the molecule is CCC(=Cc1oc2ccc(-c3ccccc3)cc2[n+]1CCCCS(=O)(=O)O)C=C1Oc2ccc(Cl)cc2N1CCCOS(=O)O. The Morgan fingerprint density at radius 3 is 2.60 bits per heavy atom. The average molecular weight is 674 g/mol. The van der Waals surface area contributed by atoms with Crippen LogP contribution >= 0.6 is 11.6 Å². The minimum atomic E-state index is -4.05. The number of rotatable bonds is 14. The van der Waals surface area contributed by atoms with Crippen molar-refractivity contribution in [2.75, 3.05) is 23.8 Å². The Balaban J connectivity index is 1.50. The molecule has 2 heterocycles. The smallest absolute Gasteiger partial charge is 0.374 e. The molecule has 1 aliphatic rings. The number of oxazole rings is 1. The number of hydrogen-bond acceptors (Lipinski definition) is 7. The third-order valence-corrected chi connectivity index (χ3v) is 8.71. The summed E-state index contributed by atoms with van der Waals surface area (Å²) in [6.45, 7) is 3.02. The van der Waals surface area contributed by atoms with Gasteiger partial charge in [0.15, 0.2) is 12.3 Å². The molecule has 1 aromatic heterocycles. The van der Waals surface area contributed by atoms with Gasteiger partial charge < -0.3 is 14.1 Å². The van der Waals surface area contributed by atoms with Crippen molar-refractivity contribution >= 4 is 55.9 Å². The second kappa shape index (κ2) is 14.7. The van der Waals surface area contributed by atoms with E-state index in [1.54, 1.807) is 12.1 Å². The number of nitrogens with zero attached hydrogens (tertiary/aromatic N) is 2. The van der Waals surface area contributed by atoms with Gasteiger partial charge in [-0.3, -0.25) is 13.3 Å². The molecule has 0 spiro atoms. The van der Waals surface area contributed by atoms with Crippen molar-refractivity contribution in [1.29, 1.82) is 0 Å². The zero-order chi connectivity index (χ0) is 32.0. The number of aromatic nitrogens is 1. The van der Waals surface area contributed by atoms with Crippen LogP contribution in [-0.4, -0.2) is 40.6 Å². The number of aryl methyl sites for hydroxylation is 1. The Hall–Kier alpha value is -3.52. The van der Waals surface area contributed by atoms with Crippen LogP contribution in [0, 0.1) is 0 Å². The molecule has 1 unspecified atom stereocenters.